The summed E-state index contributed by atoms with van der Waals surface area (Å²) in [6.07, 6.45) is -2.80. The number of hydrogen-bond acceptors (Lipinski definition) is 5. The summed E-state index contributed by atoms with van der Waals surface area (Å²) in [4.78, 5) is 10.9. The van der Waals surface area contributed by atoms with Crippen molar-refractivity contribution < 1.29 is 41.0 Å². The number of aliphatic carboxylic acids is 1. The van der Waals surface area contributed by atoms with Crippen LogP contribution in [0.3, 0.4) is 0 Å². The van der Waals surface area contributed by atoms with E-state index in [0.29, 0.717) is 17.9 Å². The molecule has 1 N–H and O–H groups in total. The van der Waals surface area contributed by atoms with Gasteiger partial charge in [-0.25, -0.2) is 8.42 Å². The molecule has 3 rings (SSSR count). The van der Waals surface area contributed by atoms with Gasteiger partial charge in [-0.05, 0) is 85.1 Å². The first-order valence-electron chi connectivity index (χ1n) is 11.2. The Morgan fingerprint density at radius 1 is 0.889 bits per heavy atom. The molecule has 3 aromatic carbocycles. The van der Waals surface area contributed by atoms with Gasteiger partial charge in [0.15, 0.2) is 0 Å². The maximum absolute atomic E-state index is 13.3. The highest BCUT2D eigenvalue weighted by atomic mass is 32.2. The number of rotatable bonds is 11. The Bertz CT molecular complexity index is 1280. The topological polar surface area (TPSA) is 89.9 Å². The van der Waals surface area contributed by atoms with E-state index in [1.54, 1.807) is 6.07 Å². The van der Waals surface area contributed by atoms with Gasteiger partial charge in [0.25, 0.3) is 0 Å². The van der Waals surface area contributed by atoms with Crippen molar-refractivity contribution in [3.05, 3.63) is 77.9 Å². The first-order chi connectivity index (χ1) is 17.0. The van der Waals surface area contributed by atoms with Gasteiger partial charge in [0.2, 0.25) is 9.84 Å². The molecule has 0 radical (unpaired) electrons. The summed E-state index contributed by atoms with van der Waals surface area (Å²) in [6.45, 7) is 2.39. The average Bonchev–Trinajstić information content (AvgIpc) is 2.83. The minimum Gasteiger partial charge on any atom is -0.494 e. The molecule has 6 nitrogen and oxygen atoms in total. The first kappa shape index (κ1) is 27.1. The van der Waals surface area contributed by atoms with Crippen LogP contribution in [0, 0.1) is 0 Å². The van der Waals surface area contributed by atoms with E-state index >= 15 is 0 Å². The number of benzene rings is 3. The Morgan fingerprint density at radius 3 is 2.06 bits per heavy atom. The van der Waals surface area contributed by atoms with Gasteiger partial charge in [0, 0.05) is 6.42 Å². The fraction of sp³-hybridized carbons (Fsp3) is 0.269. The molecule has 0 aromatic heterocycles. The van der Waals surface area contributed by atoms with E-state index in [2.05, 4.69) is 0 Å². The number of aryl methyl sites for hydroxylation is 1. The van der Waals surface area contributed by atoms with Gasteiger partial charge < -0.3 is 14.6 Å². The highest BCUT2D eigenvalue weighted by Gasteiger charge is 2.30. The fourth-order valence-corrected chi connectivity index (χ4v) is 4.61. The summed E-state index contributed by atoms with van der Waals surface area (Å²) in [5, 5.41) is 8.99. The molecule has 0 aliphatic heterocycles. The third kappa shape index (κ3) is 7.24. The van der Waals surface area contributed by atoms with Gasteiger partial charge in [-0.3, -0.25) is 4.79 Å². The van der Waals surface area contributed by atoms with E-state index in [-0.39, 0.29) is 34.1 Å². The van der Waals surface area contributed by atoms with Crippen LogP contribution in [0.4, 0.5) is 13.2 Å². The van der Waals surface area contributed by atoms with Crippen molar-refractivity contribution in [1.29, 1.82) is 0 Å². The van der Waals surface area contributed by atoms with Crippen LogP contribution in [-0.4, -0.2) is 26.1 Å². The number of halogens is 3. The van der Waals surface area contributed by atoms with E-state index in [1.807, 2.05) is 6.92 Å². The Morgan fingerprint density at radius 2 is 1.50 bits per heavy atom. The average molecular weight is 523 g/mol. The second-order valence-electron chi connectivity index (χ2n) is 8.01. The molecule has 192 valence electrons. The highest BCUT2D eigenvalue weighted by Crippen LogP contribution is 2.32. The first-order valence-corrected chi connectivity index (χ1v) is 12.7. The normalized spacial score (nSPS) is 11.8. The van der Waals surface area contributed by atoms with Crippen LogP contribution in [0.5, 0.6) is 17.2 Å². The van der Waals surface area contributed by atoms with Crippen LogP contribution in [-0.2, 0) is 27.2 Å². The molecule has 0 fully saturated rings. The predicted molar refractivity (Wildman–Crippen MR) is 126 cm³/mol. The van der Waals surface area contributed by atoms with Gasteiger partial charge in [0.05, 0.1) is 22.0 Å². The quantitative estimate of drug-likeness (QED) is 0.288. The molecule has 0 spiro atoms. The van der Waals surface area contributed by atoms with E-state index < -0.39 is 27.5 Å². The smallest absolute Gasteiger partial charge is 0.416 e. The molecule has 0 saturated carbocycles. The van der Waals surface area contributed by atoms with E-state index in [0.717, 1.165) is 25.0 Å². The molecule has 0 bridgehead atoms. The summed E-state index contributed by atoms with van der Waals surface area (Å²) >= 11 is 0. The van der Waals surface area contributed by atoms with Gasteiger partial charge in [-0.1, -0.05) is 13.3 Å². The maximum atomic E-state index is 13.3. The zero-order valence-electron chi connectivity index (χ0n) is 19.4. The molecule has 0 amide bonds. The molecule has 3 aromatic rings. The van der Waals surface area contributed by atoms with Crippen molar-refractivity contribution in [2.45, 2.75) is 48.6 Å². The fourth-order valence-electron chi connectivity index (χ4n) is 3.27. The van der Waals surface area contributed by atoms with E-state index in [9.17, 15) is 26.4 Å². The summed E-state index contributed by atoms with van der Waals surface area (Å²) in [6, 6.07) is 14.1. The summed E-state index contributed by atoms with van der Waals surface area (Å²) < 4.78 is 75.9. The lowest BCUT2D eigenvalue weighted by Crippen LogP contribution is -2.06. The van der Waals surface area contributed by atoms with Crippen molar-refractivity contribution in [3.63, 3.8) is 0 Å². The maximum Gasteiger partial charge on any atom is 0.416 e. The lowest BCUT2D eigenvalue weighted by atomic mass is 10.1. The van der Waals surface area contributed by atoms with Crippen LogP contribution in [0.1, 0.15) is 37.3 Å². The van der Waals surface area contributed by atoms with Gasteiger partial charge in [0.1, 0.15) is 17.2 Å². The van der Waals surface area contributed by atoms with Crippen LogP contribution < -0.4 is 9.47 Å². The van der Waals surface area contributed by atoms with Crippen molar-refractivity contribution >= 4 is 15.8 Å². The standard InChI is InChI=1S/C26H25F3O6S/c1-2-3-14-34-22-15-18(4-13-25(30)31)16-24(17-22)36(32,33)23-11-9-21(10-12-23)35-20-7-5-19(6-8-20)26(27,28)29/h5-12,15-17H,2-4,13-14H2,1H3,(H,30,31). The highest BCUT2D eigenvalue weighted by molar-refractivity contribution is 7.91. The van der Waals surface area contributed by atoms with Crippen LogP contribution >= 0.6 is 0 Å². The Hall–Kier alpha value is -3.53. The number of hydrogen-bond donors (Lipinski definition) is 1. The summed E-state index contributed by atoms with van der Waals surface area (Å²) in [7, 11) is -3.97. The number of ether oxygens (including phenoxy) is 2. The molecular weight excluding hydrogens is 497 g/mol. The second-order valence-corrected chi connectivity index (χ2v) is 9.96. The Labute approximate surface area is 207 Å². The number of carboxylic acid groups (broad SMARTS) is 1. The predicted octanol–water partition coefficient (Wildman–Crippen LogP) is 6.53. The lowest BCUT2D eigenvalue weighted by Gasteiger charge is -2.12. The Balaban J connectivity index is 1.83. The zero-order valence-corrected chi connectivity index (χ0v) is 20.2. The van der Waals surface area contributed by atoms with Crippen LogP contribution in [0.25, 0.3) is 0 Å². The van der Waals surface area contributed by atoms with Gasteiger partial charge in [-0.2, -0.15) is 13.2 Å². The Kier molecular flexibility index (Phi) is 8.62. The van der Waals surface area contributed by atoms with Crippen molar-refractivity contribution in [3.8, 4) is 17.2 Å². The summed E-state index contributed by atoms with van der Waals surface area (Å²) in [5.41, 5.74) is -0.285. The third-order valence-corrected chi connectivity index (χ3v) is 6.94. The molecule has 0 aliphatic rings. The van der Waals surface area contributed by atoms with Crippen molar-refractivity contribution in [1.82, 2.24) is 0 Å². The molecule has 0 unspecified atom stereocenters. The van der Waals surface area contributed by atoms with Crippen molar-refractivity contribution in [2.75, 3.05) is 6.61 Å². The molecule has 10 heteroatoms. The molecule has 36 heavy (non-hydrogen) atoms. The van der Waals surface area contributed by atoms with Gasteiger partial charge >= 0.3 is 12.1 Å². The number of carbonyl (C=O) groups is 1. The number of unbranched alkanes of at least 4 members (excludes halogenated alkanes) is 1. The van der Waals surface area contributed by atoms with Crippen LogP contribution in [0.15, 0.2) is 76.5 Å². The number of sulfone groups is 1. The zero-order chi connectivity index (χ0) is 26.3. The number of carboxylic acids is 1. The lowest BCUT2D eigenvalue weighted by molar-refractivity contribution is -0.138. The minimum absolute atomic E-state index is 0.0304. The SMILES string of the molecule is CCCCOc1cc(CCC(=O)O)cc(S(=O)(=O)c2ccc(Oc3ccc(C(F)(F)F)cc3)cc2)c1. The van der Waals surface area contributed by atoms with Crippen molar-refractivity contribution in [2.24, 2.45) is 0 Å². The minimum atomic E-state index is -4.46. The molecule has 0 aliphatic carbocycles. The molecule has 0 atom stereocenters. The van der Waals surface area contributed by atoms with E-state index in [1.165, 1.54) is 48.5 Å². The molecular formula is C26H25F3O6S. The monoisotopic (exact) mass is 522 g/mol. The second kappa shape index (κ2) is 11.5. The van der Waals surface area contributed by atoms with Crippen LogP contribution in [0.2, 0.25) is 0 Å². The number of alkyl halides is 3. The summed E-state index contributed by atoms with van der Waals surface area (Å²) in [5.74, 6) is -0.251. The van der Waals surface area contributed by atoms with Gasteiger partial charge in [-0.15, -0.1) is 0 Å². The molecule has 0 saturated heterocycles. The third-order valence-electron chi connectivity index (χ3n) is 5.20. The largest absolute Gasteiger partial charge is 0.494 e. The van der Waals surface area contributed by atoms with E-state index in [4.69, 9.17) is 14.6 Å². The molecule has 0 heterocycles.